The third kappa shape index (κ3) is 5.17. The van der Waals surface area contributed by atoms with Crippen molar-refractivity contribution in [2.75, 3.05) is 6.54 Å². The average molecular weight is 462 g/mol. The summed E-state index contributed by atoms with van der Waals surface area (Å²) in [5, 5.41) is 3.06. The lowest BCUT2D eigenvalue weighted by molar-refractivity contribution is -0.140. The molecule has 1 N–H and O–H groups in total. The van der Waals surface area contributed by atoms with E-state index in [1.807, 2.05) is 54.9 Å². The highest BCUT2D eigenvalue weighted by atomic mass is 32.1. The fourth-order valence-corrected chi connectivity index (χ4v) is 5.43. The minimum absolute atomic E-state index is 0.0538. The summed E-state index contributed by atoms with van der Waals surface area (Å²) in [5.74, 6) is -0.0934. The first kappa shape index (κ1) is 23.2. The standard InChI is InChI=1S/C27H31N3O2S/c1-18(2)24(21-8-5-4-6-9-21)27(32)30-15-7-10-23(30)26(31)28-16-20-11-13-22(14-12-20)25-19(3)29-17-33-25/h4-6,8-9,11-14,17-18,23-24H,7,10,15-16H2,1-3H3,(H,28,31)/t23-,24?/m0/s1. The molecular formula is C27H31N3O2S. The Kier molecular flexibility index (Phi) is 7.23. The maximum Gasteiger partial charge on any atom is 0.243 e. The molecular weight excluding hydrogens is 430 g/mol. The van der Waals surface area contributed by atoms with Gasteiger partial charge in [-0.1, -0.05) is 68.4 Å². The van der Waals surface area contributed by atoms with Gasteiger partial charge in [-0.2, -0.15) is 0 Å². The minimum atomic E-state index is -0.401. The van der Waals surface area contributed by atoms with Gasteiger partial charge < -0.3 is 10.2 Å². The molecule has 2 heterocycles. The van der Waals surface area contributed by atoms with Crippen LogP contribution in [0.15, 0.2) is 60.1 Å². The van der Waals surface area contributed by atoms with Crippen LogP contribution in [0.25, 0.3) is 10.4 Å². The molecule has 1 fully saturated rings. The largest absolute Gasteiger partial charge is 0.350 e. The van der Waals surface area contributed by atoms with E-state index >= 15 is 0 Å². The van der Waals surface area contributed by atoms with Crippen molar-refractivity contribution in [3.63, 3.8) is 0 Å². The van der Waals surface area contributed by atoms with Gasteiger partial charge in [0.2, 0.25) is 11.8 Å². The van der Waals surface area contributed by atoms with Crippen LogP contribution >= 0.6 is 11.3 Å². The molecule has 0 saturated carbocycles. The Bertz CT molecular complexity index is 1090. The lowest BCUT2D eigenvalue weighted by Gasteiger charge is -2.30. The Balaban J connectivity index is 1.40. The van der Waals surface area contributed by atoms with Gasteiger partial charge in [-0.15, -0.1) is 11.3 Å². The zero-order valence-corrected chi connectivity index (χ0v) is 20.3. The Labute approximate surface area is 199 Å². The van der Waals surface area contributed by atoms with E-state index in [1.165, 1.54) is 4.88 Å². The number of nitrogens with zero attached hydrogens (tertiary/aromatic N) is 2. The molecule has 5 nitrogen and oxygen atoms in total. The first-order valence-corrected chi connectivity index (χ1v) is 12.5. The minimum Gasteiger partial charge on any atom is -0.350 e. The lowest BCUT2D eigenvalue weighted by atomic mass is 9.87. The molecule has 2 amide bonds. The zero-order chi connectivity index (χ0) is 23.4. The summed E-state index contributed by atoms with van der Waals surface area (Å²) >= 11 is 1.63. The van der Waals surface area contributed by atoms with E-state index in [0.29, 0.717) is 19.5 Å². The molecule has 2 aromatic carbocycles. The van der Waals surface area contributed by atoms with E-state index in [9.17, 15) is 9.59 Å². The molecule has 2 atom stereocenters. The van der Waals surface area contributed by atoms with Crippen LogP contribution in [-0.4, -0.2) is 34.3 Å². The van der Waals surface area contributed by atoms with Crippen molar-refractivity contribution in [2.24, 2.45) is 5.92 Å². The molecule has 0 radical (unpaired) electrons. The number of aromatic nitrogens is 1. The maximum absolute atomic E-state index is 13.5. The van der Waals surface area contributed by atoms with Crippen molar-refractivity contribution in [3.05, 3.63) is 76.9 Å². The number of hydrogen-bond acceptors (Lipinski definition) is 4. The van der Waals surface area contributed by atoms with Crippen LogP contribution in [0.2, 0.25) is 0 Å². The van der Waals surface area contributed by atoms with Gasteiger partial charge >= 0.3 is 0 Å². The average Bonchev–Trinajstić information content (AvgIpc) is 3.48. The van der Waals surface area contributed by atoms with E-state index in [2.05, 4.69) is 36.3 Å². The van der Waals surface area contributed by atoms with Gasteiger partial charge in [0.15, 0.2) is 0 Å². The SMILES string of the molecule is Cc1ncsc1-c1ccc(CNC(=O)[C@@H]2CCCN2C(=O)C(c2ccccc2)C(C)C)cc1. The van der Waals surface area contributed by atoms with Gasteiger partial charge in [-0.3, -0.25) is 9.59 Å². The number of thiazole rings is 1. The third-order valence-electron chi connectivity index (χ3n) is 6.36. The second-order valence-corrected chi connectivity index (χ2v) is 9.86. The quantitative estimate of drug-likeness (QED) is 0.528. The van der Waals surface area contributed by atoms with Crippen molar-refractivity contribution in [1.29, 1.82) is 0 Å². The second-order valence-electron chi connectivity index (χ2n) is 9.00. The third-order valence-corrected chi connectivity index (χ3v) is 7.34. The van der Waals surface area contributed by atoms with Crippen LogP contribution < -0.4 is 5.32 Å². The van der Waals surface area contributed by atoms with E-state index < -0.39 is 6.04 Å². The molecule has 172 valence electrons. The number of benzene rings is 2. The Morgan fingerprint density at radius 1 is 1.12 bits per heavy atom. The molecule has 33 heavy (non-hydrogen) atoms. The molecule has 1 aliphatic rings. The van der Waals surface area contributed by atoms with Crippen LogP contribution in [0, 0.1) is 12.8 Å². The predicted molar refractivity (Wildman–Crippen MR) is 133 cm³/mol. The summed E-state index contributed by atoms with van der Waals surface area (Å²) < 4.78 is 0. The molecule has 1 aliphatic heterocycles. The van der Waals surface area contributed by atoms with E-state index in [1.54, 1.807) is 16.2 Å². The van der Waals surface area contributed by atoms with E-state index in [-0.39, 0.29) is 23.7 Å². The summed E-state index contributed by atoms with van der Waals surface area (Å²) in [7, 11) is 0. The number of carbonyl (C=O) groups is 2. The number of amides is 2. The highest BCUT2D eigenvalue weighted by Gasteiger charge is 2.38. The van der Waals surface area contributed by atoms with Crippen molar-refractivity contribution in [3.8, 4) is 10.4 Å². The Morgan fingerprint density at radius 2 is 1.85 bits per heavy atom. The molecule has 0 spiro atoms. The van der Waals surface area contributed by atoms with Gasteiger partial charge in [-0.25, -0.2) is 4.98 Å². The number of nitrogens with one attached hydrogen (secondary N) is 1. The summed E-state index contributed by atoms with van der Waals surface area (Å²) in [5.41, 5.74) is 6.07. The molecule has 1 unspecified atom stereocenters. The maximum atomic E-state index is 13.5. The normalized spacial score (nSPS) is 16.7. The number of rotatable bonds is 7. The molecule has 1 saturated heterocycles. The summed E-state index contributed by atoms with van der Waals surface area (Å²) in [4.78, 5) is 33.8. The van der Waals surface area contributed by atoms with Crippen LogP contribution in [-0.2, 0) is 16.1 Å². The first-order valence-electron chi connectivity index (χ1n) is 11.6. The monoisotopic (exact) mass is 461 g/mol. The molecule has 3 aromatic rings. The van der Waals surface area contributed by atoms with Crippen molar-refractivity contribution in [2.45, 2.75) is 52.1 Å². The van der Waals surface area contributed by atoms with E-state index in [0.717, 1.165) is 28.8 Å². The highest BCUT2D eigenvalue weighted by molar-refractivity contribution is 7.13. The molecule has 6 heteroatoms. The highest BCUT2D eigenvalue weighted by Crippen LogP contribution is 2.30. The molecule has 4 rings (SSSR count). The number of carbonyl (C=O) groups excluding carboxylic acids is 2. The van der Waals surface area contributed by atoms with Crippen LogP contribution in [0.1, 0.15) is 49.4 Å². The van der Waals surface area contributed by atoms with Crippen molar-refractivity contribution in [1.82, 2.24) is 15.2 Å². The van der Waals surface area contributed by atoms with E-state index in [4.69, 9.17) is 0 Å². The van der Waals surface area contributed by atoms with Gasteiger partial charge in [0.1, 0.15) is 6.04 Å². The fraction of sp³-hybridized carbons (Fsp3) is 0.370. The van der Waals surface area contributed by atoms with Crippen LogP contribution in [0.5, 0.6) is 0 Å². The summed E-state index contributed by atoms with van der Waals surface area (Å²) in [6.45, 7) is 7.23. The second kappa shape index (κ2) is 10.3. The molecule has 0 aliphatic carbocycles. The summed E-state index contributed by atoms with van der Waals surface area (Å²) in [6.07, 6.45) is 1.56. The molecule has 0 bridgehead atoms. The Morgan fingerprint density at radius 3 is 2.48 bits per heavy atom. The number of aryl methyl sites for hydroxylation is 1. The molecule has 1 aromatic heterocycles. The smallest absolute Gasteiger partial charge is 0.243 e. The van der Waals surface area contributed by atoms with Gasteiger partial charge in [-0.05, 0) is 42.4 Å². The van der Waals surface area contributed by atoms with Gasteiger partial charge in [0.25, 0.3) is 0 Å². The lowest BCUT2D eigenvalue weighted by Crippen LogP contribution is -2.47. The van der Waals surface area contributed by atoms with Crippen LogP contribution in [0.3, 0.4) is 0 Å². The predicted octanol–water partition coefficient (Wildman–Crippen LogP) is 5.17. The summed E-state index contributed by atoms with van der Waals surface area (Å²) in [6, 6.07) is 17.7. The number of hydrogen-bond donors (Lipinski definition) is 1. The zero-order valence-electron chi connectivity index (χ0n) is 19.5. The van der Waals surface area contributed by atoms with Gasteiger partial charge in [0.05, 0.1) is 22.0 Å². The Hall–Kier alpha value is -2.99. The van der Waals surface area contributed by atoms with Crippen molar-refractivity contribution >= 4 is 23.2 Å². The van der Waals surface area contributed by atoms with Crippen LogP contribution in [0.4, 0.5) is 0 Å². The van der Waals surface area contributed by atoms with Gasteiger partial charge in [0, 0.05) is 13.1 Å². The number of likely N-dealkylation sites (tertiary alicyclic amines) is 1. The first-order chi connectivity index (χ1) is 16.0. The fourth-order valence-electron chi connectivity index (χ4n) is 4.61. The topological polar surface area (TPSA) is 62.3 Å². The van der Waals surface area contributed by atoms with Crippen molar-refractivity contribution < 1.29 is 9.59 Å².